The van der Waals surface area contributed by atoms with E-state index in [4.69, 9.17) is 4.74 Å². The molecule has 0 spiro atoms. The number of aromatic nitrogens is 2. The van der Waals surface area contributed by atoms with Crippen molar-refractivity contribution in [2.24, 2.45) is 0 Å². The smallest absolute Gasteiger partial charge is 0.254 e. The van der Waals surface area contributed by atoms with Crippen LogP contribution in [-0.4, -0.2) is 28.8 Å². The molecule has 0 radical (unpaired) electrons. The maximum absolute atomic E-state index is 13.8. The summed E-state index contributed by atoms with van der Waals surface area (Å²) < 4.78 is 34.4. The quantitative estimate of drug-likeness (QED) is 0.736. The predicted molar refractivity (Wildman–Crippen MR) is 98.9 cm³/mol. The molecule has 0 saturated heterocycles. The molecule has 1 N–H and O–H groups in total. The van der Waals surface area contributed by atoms with Gasteiger partial charge in [-0.3, -0.25) is 9.48 Å². The van der Waals surface area contributed by atoms with Gasteiger partial charge in [-0.25, -0.2) is 8.78 Å². The highest BCUT2D eigenvalue weighted by atomic mass is 19.1. The van der Waals surface area contributed by atoms with Crippen molar-refractivity contribution in [1.82, 2.24) is 15.1 Å². The summed E-state index contributed by atoms with van der Waals surface area (Å²) in [5.74, 6) is -2.23. The van der Waals surface area contributed by atoms with Crippen LogP contribution in [0.1, 0.15) is 33.3 Å². The normalized spacial score (nSPS) is 15.9. The summed E-state index contributed by atoms with van der Waals surface area (Å²) in [4.78, 5) is 12.2. The molecular weight excluding hydrogens is 364 g/mol. The summed E-state index contributed by atoms with van der Waals surface area (Å²) in [6.45, 7) is 1.33. The van der Waals surface area contributed by atoms with Crippen LogP contribution in [0.15, 0.2) is 54.7 Å². The van der Waals surface area contributed by atoms with Crippen LogP contribution >= 0.6 is 0 Å². The van der Waals surface area contributed by atoms with E-state index in [0.29, 0.717) is 19.2 Å². The molecule has 1 amide bonds. The lowest BCUT2D eigenvalue weighted by Gasteiger charge is -2.22. The van der Waals surface area contributed by atoms with Crippen LogP contribution in [0.5, 0.6) is 0 Å². The highest BCUT2D eigenvalue weighted by Gasteiger charge is 2.25. The first-order valence-corrected chi connectivity index (χ1v) is 9.05. The summed E-state index contributed by atoms with van der Waals surface area (Å²) in [7, 11) is 0. The number of rotatable bonds is 5. The highest BCUT2D eigenvalue weighted by Crippen LogP contribution is 2.25. The van der Waals surface area contributed by atoms with E-state index in [-0.39, 0.29) is 12.1 Å². The van der Waals surface area contributed by atoms with Gasteiger partial charge in [-0.05, 0) is 29.7 Å². The zero-order valence-electron chi connectivity index (χ0n) is 15.1. The van der Waals surface area contributed by atoms with Crippen LogP contribution < -0.4 is 5.32 Å². The van der Waals surface area contributed by atoms with Crippen molar-refractivity contribution < 1.29 is 18.3 Å². The van der Waals surface area contributed by atoms with Gasteiger partial charge in [0.05, 0.1) is 24.4 Å². The Morgan fingerprint density at radius 1 is 1.21 bits per heavy atom. The number of carbonyl (C=O) groups is 1. The zero-order valence-corrected chi connectivity index (χ0v) is 15.1. The first-order valence-electron chi connectivity index (χ1n) is 9.05. The third kappa shape index (κ3) is 3.94. The number of nitrogens with one attached hydrogen (secondary N) is 1. The topological polar surface area (TPSA) is 56.1 Å². The maximum atomic E-state index is 13.8. The number of halogens is 2. The van der Waals surface area contributed by atoms with E-state index in [1.54, 1.807) is 0 Å². The van der Waals surface area contributed by atoms with Gasteiger partial charge in [-0.15, -0.1) is 0 Å². The Morgan fingerprint density at radius 3 is 2.82 bits per heavy atom. The average Bonchev–Trinajstić information content (AvgIpc) is 3.10. The van der Waals surface area contributed by atoms with E-state index >= 15 is 0 Å². The third-order valence-electron chi connectivity index (χ3n) is 4.68. The molecule has 0 aliphatic carbocycles. The minimum atomic E-state index is -0.894. The fourth-order valence-electron chi connectivity index (χ4n) is 3.29. The van der Waals surface area contributed by atoms with Crippen LogP contribution in [0.4, 0.5) is 8.78 Å². The molecule has 1 unspecified atom stereocenters. The molecule has 1 aliphatic rings. The molecule has 0 fully saturated rings. The van der Waals surface area contributed by atoms with Gasteiger partial charge in [0.2, 0.25) is 0 Å². The van der Waals surface area contributed by atoms with Gasteiger partial charge in [-0.2, -0.15) is 5.10 Å². The van der Waals surface area contributed by atoms with E-state index in [2.05, 4.69) is 10.4 Å². The maximum Gasteiger partial charge on any atom is 0.254 e. The van der Waals surface area contributed by atoms with Crippen molar-refractivity contribution in [1.29, 1.82) is 0 Å². The zero-order chi connectivity index (χ0) is 19.5. The van der Waals surface area contributed by atoms with Crippen molar-refractivity contribution in [3.05, 3.63) is 88.7 Å². The first kappa shape index (κ1) is 18.3. The number of amides is 1. The SMILES string of the molecule is O=C(NCC1OCCc2cn(Cc3ccccc3)nc21)c1ccc(F)cc1F. The largest absolute Gasteiger partial charge is 0.370 e. The number of carbonyl (C=O) groups excluding carboxylic acids is 1. The summed E-state index contributed by atoms with van der Waals surface area (Å²) in [5, 5.41) is 7.28. The van der Waals surface area contributed by atoms with Crippen LogP contribution in [0.2, 0.25) is 0 Å². The summed E-state index contributed by atoms with van der Waals surface area (Å²) >= 11 is 0. The van der Waals surface area contributed by atoms with Crippen molar-refractivity contribution in [3.8, 4) is 0 Å². The number of nitrogens with zero attached hydrogens (tertiary/aromatic N) is 2. The number of ether oxygens (including phenoxy) is 1. The third-order valence-corrected chi connectivity index (χ3v) is 4.68. The Morgan fingerprint density at radius 2 is 2.04 bits per heavy atom. The van der Waals surface area contributed by atoms with E-state index < -0.39 is 23.6 Å². The van der Waals surface area contributed by atoms with Crippen molar-refractivity contribution in [2.45, 2.75) is 19.1 Å². The summed E-state index contributed by atoms with van der Waals surface area (Å²) in [5.41, 5.74) is 2.79. The standard InChI is InChI=1S/C21H19F2N3O2/c22-16-6-7-17(18(23)10-16)21(27)24-11-19-20-15(8-9-28-19)13-26(25-20)12-14-4-2-1-3-5-14/h1-7,10,13,19H,8-9,11-12H2,(H,24,27). The molecule has 0 bridgehead atoms. The average molecular weight is 383 g/mol. The molecule has 3 aromatic rings. The van der Waals surface area contributed by atoms with Gasteiger partial charge in [-0.1, -0.05) is 30.3 Å². The molecule has 5 nitrogen and oxygen atoms in total. The molecule has 1 atom stereocenters. The molecule has 144 valence electrons. The summed E-state index contributed by atoms with van der Waals surface area (Å²) in [6.07, 6.45) is 2.34. The molecule has 2 heterocycles. The number of benzene rings is 2. The Labute approximate surface area is 160 Å². The van der Waals surface area contributed by atoms with Crippen molar-refractivity contribution in [3.63, 3.8) is 0 Å². The van der Waals surface area contributed by atoms with Gasteiger partial charge in [0, 0.05) is 18.8 Å². The van der Waals surface area contributed by atoms with E-state index in [9.17, 15) is 13.6 Å². The van der Waals surface area contributed by atoms with Crippen LogP contribution in [-0.2, 0) is 17.7 Å². The Balaban J connectivity index is 1.45. The molecule has 7 heteroatoms. The van der Waals surface area contributed by atoms with Crippen molar-refractivity contribution >= 4 is 5.91 Å². The molecule has 0 saturated carbocycles. The van der Waals surface area contributed by atoms with Gasteiger partial charge in [0.15, 0.2) is 0 Å². The molecule has 4 rings (SSSR count). The van der Waals surface area contributed by atoms with Crippen LogP contribution in [0.3, 0.4) is 0 Å². The van der Waals surface area contributed by atoms with Crippen LogP contribution in [0.25, 0.3) is 0 Å². The monoisotopic (exact) mass is 383 g/mol. The minimum absolute atomic E-state index is 0.158. The van der Waals surface area contributed by atoms with Crippen LogP contribution in [0, 0.1) is 11.6 Å². The van der Waals surface area contributed by atoms with Gasteiger partial charge in [0.25, 0.3) is 5.91 Å². The lowest BCUT2D eigenvalue weighted by molar-refractivity contribution is 0.0383. The minimum Gasteiger partial charge on any atom is -0.370 e. The Kier molecular flexibility index (Phi) is 5.16. The lowest BCUT2D eigenvalue weighted by Crippen LogP contribution is -2.32. The molecule has 2 aromatic carbocycles. The second kappa shape index (κ2) is 7.90. The summed E-state index contributed by atoms with van der Waals surface area (Å²) in [6, 6.07) is 12.9. The first-order chi connectivity index (χ1) is 13.6. The fraction of sp³-hybridized carbons (Fsp3) is 0.238. The van der Waals surface area contributed by atoms with Gasteiger partial charge < -0.3 is 10.1 Å². The number of fused-ring (bicyclic) bond motifs is 1. The molecule has 1 aromatic heterocycles. The molecular formula is C21H19F2N3O2. The van der Waals surface area contributed by atoms with Gasteiger partial charge in [0.1, 0.15) is 17.7 Å². The molecule has 1 aliphatic heterocycles. The van der Waals surface area contributed by atoms with E-state index in [1.807, 2.05) is 41.2 Å². The Bertz CT molecular complexity index is 989. The number of hydrogen-bond donors (Lipinski definition) is 1. The number of hydrogen-bond acceptors (Lipinski definition) is 3. The fourth-order valence-corrected chi connectivity index (χ4v) is 3.29. The lowest BCUT2D eigenvalue weighted by atomic mass is 10.1. The van der Waals surface area contributed by atoms with E-state index in [1.165, 1.54) is 0 Å². The molecule has 28 heavy (non-hydrogen) atoms. The van der Waals surface area contributed by atoms with Crippen molar-refractivity contribution in [2.75, 3.05) is 13.2 Å². The highest BCUT2D eigenvalue weighted by molar-refractivity contribution is 5.94. The van der Waals surface area contributed by atoms with Gasteiger partial charge >= 0.3 is 0 Å². The second-order valence-electron chi connectivity index (χ2n) is 6.67. The predicted octanol–water partition coefficient (Wildman–Crippen LogP) is 3.25. The Hall–Kier alpha value is -3.06. The second-order valence-corrected chi connectivity index (χ2v) is 6.67. The van der Waals surface area contributed by atoms with E-state index in [0.717, 1.165) is 35.4 Å².